The first-order chi connectivity index (χ1) is 14.6. The van der Waals surface area contributed by atoms with Crippen molar-refractivity contribution in [2.75, 3.05) is 17.2 Å². The van der Waals surface area contributed by atoms with Gasteiger partial charge in [0.25, 0.3) is 11.8 Å². The molecule has 0 radical (unpaired) electrons. The van der Waals surface area contributed by atoms with Gasteiger partial charge in [-0.1, -0.05) is 11.6 Å². The number of nitrogens with two attached hydrogens (primary N) is 1. The number of benzene rings is 2. The number of rotatable bonds is 6. The fourth-order valence-electron chi connectivity index (χ4n) is 3.24. The number of carbonyl (C=O) groups excluding carboxylic acids is 2. The number of hydrogen-bond donors (Lipinski definition) is 4. The average molecular weight is 448 g/mol. The van der Waals surface area contributed by atoms with Crippen LogP contribution in [0.2, 0.25) is 5.02 Å². The molecule has 5 N–H and O–H groups in total. The summed E-state index contributed by atoms with van der Waals surface area (Å²) in [6.07, 6.45) is 2.03. The zero-order valence-corrected chi connectivity index (χ0v) is 16.9. The number of aliphatic hydroxyl groups is 1. The Labute approximate surface area is 181 Å². The van der Waals surface area contributed by atoms with Gasteiger partial charge in [0.1, 0.15) is 5.82 Å². The second-order valence-electron chi connectivity index (χ2n) is 7.01. The van der Waals surface area contributed by atoms with E-state index in [4.69, 9.17) is 22.4 Å². The lowest BCUT2D eigenvalue weighted by molar-refractivity contribution is -0.149. The highest BCUT2D eigenvalue weighted by atomic mass is 35.5. The number of anilines is 2. The van der Waals surface area contributed by atoms with Crippen LogP contribution in [-0.2, 0) is 20.9 Å². The summed E-state index contributed by atoms with van der Waals surface area (Å²) >= 11 is 5.78. The lowest BCUT2D eigenvalue weighted by Crippen LogP contribution is -2.52. The first kappa shape index (κ1) is 22.3. The fraction of sp³-hybridized carbons (Fsp3) is 0.190. The Balaban J connectivity index is 1.75. The van der Waals surface area contributed by atoms with E-state index in [0.717, 1.165) is 12.1 Å². The molecule has 0 bridgehead atoms. The molecule has 31 heavy (non-hydrogen) atoms. The number of nitrogens with zero attached hydrogens (tertiary/aromatic N) is 1. The number of amides is 2. The highest BCUT2D eigenvalue weighted by Crippen LogP contribution is 2.31. The van der Waals surface area contributed by atoms with Crippen molar-refractivity contribution < 1.29 is 29.0 Å². The Morgan fingerprint density at radius 3 is 2.71 bits per heavy atom. The van der Waals surface area contributed by atoms with Crippen molar-refractivity contribution in [2.24, 2.45) is 0 Å². The van der Waals surface area contributed by atoms with Crippen LogP contribution < -0.4 is 16.0 Å². The largest absolute Gasteiger partial charge is 0.478 e. The fourth-order valence-corrected chi connectivity index (χ4v) is 3.48. The Kier molecular flexibility index (Phi) is 6.28. The number of carbonyl (C=O) groups is 3. The van der Waals surface area contributed by atoms with Crippen molar-refractivity contribution in [1.82, 2.24) is 5.32 Å². The Morgan fingerprint density at radius 2 is 2.03 bits per heavy atom. The molecule has 2 aromatic carbocycles. The normalized spacial score (nSPS) is 18.5. The summed E-state index contributed by atoms with van der Waals surface area (Å²) in [4.78, 5) is 37.4. The van der Waals surface area contributed by atoms with Crippen molar-refractivity contribution in [2.45, 2.75) is 18.6 Å². The second-order valence-corrected chi connectivity index (χ2v) is 7.45. The molecule has 1 unspecified atom stereocenters. The maximum absolute atomic E-state index is 13.4. The van der Waals surface area contributed by atoms with Gasteiger partial charge in [0.15, 0.2) is 0 Å². The van der Waals surface area contributed by atoms with Gasteiger partial charge in [-0.15, -0.1) is 0 Å². The number of carboxylic acid groups (broad SMARTS) is 1. The summed E-state index contributed by atoms with van der Waals surface area (Å²) in [7, 11) is 0. The van der Waals surface area contributed by atoms with E-state index < -0.39 is 29.2 Å². The summed E-state index contributed by atoms with van der Waals surface area (Å²) in [5.41, 5.74) is 4.93. The Bertz CT molecular complexity index is 1070. The zero-order valence-electron chi connectivity index (χ0n) is 16.1. The van der Waals surface area contributed by atoms with Crippen LogP contribution in [0.4, 0.5) is 15.8 Å². The number of nitrogens with one attached hydrogen (secondary N) is 1. The minimum Gasteiger partial charge on any atom is -0.478 e. The predicted octanol–water partition coefficient (Wildman–Crippen LogP) is 1.94. The first-order valence-electron chi connectivity index (χ1n) is 9.18. The molecule has 2 aromatic rings. The Hall–Kier alpha value is -3.43. The number of carboxylic acids is 1. The SMILES string of the molecule is Nc1ccc(N2CCC(O)(C(=O)NCc3cc(F)cc(Cl)c3)C2=O)cc1/C=C/C(=O)O. The number of aliphatic carboxylic acids is 1. The molecule has 1 atom stereocenters. The van der Waals surface area contributed by atoms with Crippen molar-refractivity contribution in [1.29, 1.82) is 0 Å². The standard InChI is InChI=1S/C21H19ClFN3O5/c22-14-7-12(8-15(23)10-14)11-25-19(29)21(31)5-6-26(20(21)30)16-2-3-17(24)13(9-16)1-4-18(27)28/h1-4,7-10,31H,5-6,11,24H2,(H,25,29)(H,27,28)/b4-1+. The van der Waals surface area contributed by atoms with Crippen LogP contribution in [0.5, 0.6) is 0 Å². The van der Waals surface area contributed by atoms with Gasteiger partial charge in [0.2, 0.25) is 5.60 Å². The van der Waals surface area contributed by atoms with Crippen molar-refractivity contribution in [3.63, 3.8) is 0 Å². The van der Waals surface area contributed by atoms with Crippen LogP contribution >= 0.6 is 11.6 Å². The first-order valence-corrected chi connectivity index (χ1v) is 9.56. The quantitative estimate of drug-likeness (QED) is 0.304. The van der Waals surface area contributed by atoms with Gasteiger partial charge < -0.3 is 26.2 Å². The third kappa shape index (κ3) is 4.84. The van der Waals surface area contributed by atoms with E-state index in [-0.39, 0.29) is 24.5 Å². The van der Waals surface area contributed by atoms with Crippen molar-refractivity contribution in [3.05, 3.63) is 64.4 Å². The van der Waals surface area contributed by atoms with Crippen LogP contribution in [-0.4, -0.2) is 40.1 Å². The van der Waals surface area contributed by atoms with Gasteiger partial charge >= 0.3 is 5.97 Å². The summed E-state index contributed by atoms with van der Waals surface area (Å²) in [6, 6.07) is 8.27. The van der Waals surface area contributed by atoms with E-state index in [1.807, 2.05) is 0 Å². The van der Waals surface area contributed by atoms with Crippen LogP contribution in [0.25, 0.3) is 6.08 Å². The molecular weight excluding hydrogens is 429 g/mol. The van der Waals surface area contributed by atoms with E-state index in [9.17, 15) is 23.9 Å². The van der Waals surface area contributed by atoms with E-state index in [1.165, 1.54) is 41.3 Å². The molecule has 1 aliphatic heterocycles. The van der Waals surface area contributed by atoms with E-state index in [2.05, 4.69) is 5.32 Å². The summed E-state index contributed by atoms with van der Waals surface area (Å²) in [5.74, 6) is -3.48. The van der Waals surface area contributed by atoms with Crippen molar-refractivity contribution in [3.8, 4) is 0 Å². The lowest BCUT2D eigenvalue weighted by atomic mass is 10.0. The van der Waals surface area contributed by atoms with Gasteiger partial charge in [-0.25, -0.2) is 9.18 Å². The van der Waals surface area contributed by atoms with Crippen LogP contribution in [0.3, 0.4) is 0 Å². The molecule has 1 saturated heterocycles. The van der Waals surface area contributed by atoms with Crippen molar-refractivity contribution >= 4 is 46.8 Å². The van der Waals surface area contributed by atoms with Gasteiger partial charge in [-0.2, -0.15) is 0 Å². The molecule has 162 valence electrons. The van der Waals surface area contributed by atoms with Gasteiger partial charge in [-0.3, -0.25) is 9.59 Å². The van der Waals surface area contributed by atoms with Gasteiger partial charge in [-0.05, 0) is 53.6 Å². The number of halogens is 2. The molecule has 1 fully saturated rings. The van der Waals surface area contributed by atoms with E-state index in [0.29, 0.717) is 22.5 Å². The molecule has 3 rings (SSSR count). The molecule has 0 aromatic heterocycles. The highest BCUT2D eigenvalue weighted by molar-refractivity contribution is 6.30. The topological polar surface area (TPSA) is 133 Å². The maximum atomic E-state index is 13.4. The van der Waals surface area contributed by atoms with Gasteiger partial charge in [0.05, 0.1) is 0 Å². The maximum Gasteiger partial charge on any atom is 0.328 e. The third-order valence-electron chi connectivity index (χ3n) is 4.83. The Morgan fingerprint density at radius 1 is 1.29 bits per heavy atom. The van der Waals surface area contributed by atoms with Crippen LogP contribution in [0.1, 0.15) is 17.5 Å². The number of nitrogen functional groups attached to an aromatic ring is 1. The predicted molar refractivity (Wildman–Crippen MR) is 113 cm³/mol. The molecule has 1 heterocycles. The molecule has 1 aliphatic rings. The lowest BCUT2D eigenvalue weighted by Gasteiger charge is -2.22. The molecule has 10 heteroatoms. The second kappa shape index (κ2) is 8.75. The minimum atomic E-state index is -2.30. The van der Waals surface area contributed by atoms with E-state index in [1.54, 1.807) is 0 Å². The summed E-state index contributed by atoms with van der Waals surface area (Å²) in [5, 5.41) is 22.1. The smallest absolute Gasteiger partial charge is 0.328 e. The molecule has 8 nitrogen and oxygen atoms in total. The average Bonchev–Trinajstić information content (AvgIpc) is 3.01. The van der Waals surface area contributed by atoms with Crippen LogP contribution in [0, 0.1) is 5.82 Å². The molecule has 0 saturated carbocycles. The zero-order chi connectivity index (χ0) is 22.8. The van der Waals surface area contributed by atoms with Crippen LogP contribution in [0.15, 0.2) is 42.5 Å². The number of hydrogen-bond acceptors (Lipinski definition) is 5. The minimum absolute atomic E-state index is 0.0561. The molecule has 0 aliphatic carbocycles. The molecule has 2 amide bonds. The highest BCUT2D eigenvalue weighted by Gasteiger charge is 2.51. The summed E-state index contributed by atoms with van der Waals surface area (Å²) in [6.45, 7) is -0.0710. The molecule has 0 spiro atoms. The monoisotopic (exact) mass is 447 g/mol. The van der Waals surface area contributed by atoms with Gasteiger partial charge in [0, 0.05) is 42.0 Å². The molecular formula is C21H19ClFN3O5. The van der Waals surface area contributed by atoms with E-state index >= 15 is 0 Å². The summed E-state index contributed by atoms with van der Waals surface area (Å²) < 4.78 is 13.4. The third-order valence-corrected chi connectivity index (χ3v) is 5.05.